The van der Waals surface area contributed by atoms with Gasteiger partial charge in [0.05, 0.1) is 14.2 Å². The molecular weight excluding hydrogens is 368 g/mol. The molecule has 0 spiro atoms. The van der Waals surface area contributed by atoms with E-state index in [4.69, 9.17) is 14.2 Å². The van der Waals surface area contributed by atoms with Gasteiger partial charge in [0.2, 0.25) is 5.91 Å². The van der Waals surface area contributed by atoms with E-state index in [1.165, 1.54) is 12.5 Å². The average Bonchev–Trinajstić information content (AvgIpc) is 2.65. The SMILES string of the molecule is COc1ccc(CCNCCOc2ccc(NC(C)=O)cc2)cc1OC.Cl. The zero-order chi connectivity index (χ0) is 18.8. The largest absolute Gasteiger partial charge is 0.493 e. The molecule has 27 heavy (non-hydrogen) atoms. The summed E-state index contributed by atoms with van der Waals surface area (Å²) in [6.45, 7) is 3.66. The van der Waals surface area contributed by atoms with Crippen molar-refractivity contribution < 1.29 is 19.0 Å². The number of rotatable bonds is 10. The van der Waals surface area contributed by atoms with Gasteiger partial charge in [-0.3, -0.25) is 4.79 Å². The summed E-state index contributed by atoms with van der Waals surface area (Å²) < 4.78 is 16.2. The van der Waals surface area contributed by atoms with Crippen LogP contribution in [0.5, 0.6) is 17.2 Å². The Hall–Kier alpha value is -2.44. The third-order valence-corrected chi connectivity index (χ3v) is 3.76. The summed E-state index contributed by atoms with van der Waals surface area (Å²) in [4.78, 5) is 11.0. The van der Waals surface area contributed by atoms with Crippen LogP contribution in [0.15, 0.2) is 42.5 Å². The molecule has 0 bridgehead atoms. The lowest BCUT2D eigenvalue weighted by Crippen LogP contribution is -2.23. The average molecular weight is 395 g/mol. The normalized spacial score (nSPS) is 9.89. The standard InChI is InChI=1S/C20H26N2O4.ClH/c1-15(23)22-17-5-7-18(8-6-17)26-13-12-21-11-10-16-4-9-19(24-2)20(14-16)25-3;/h4-9,14,21H,10-13H2,1-3H3,(H,22,23);1H. The van der Waals surface area contributed by atoms with Crippen molar-refractivity contribution in [3.8, 4) is 17.2 Å². The number of amides is 1. The van der Waals surface area contributed by atoms with Crippen molar-refractivity contribution in [1.29, 1.82) is 0 Å². The molecule has 0 atom stereocenters. The number of methoxy groups -OCH3 is 2. The molecular formula is C20H27ClN2O4. The molecule has 2 aromatic rings. The van der Waals surface area contributed by atoms with Crippen LogP contribution < -0.4 is 24.8 Å². The Labute approximate surface area is 166 Å². The molecule has 0 saturated carbocycles. The molecule has 2 N–H and O–H groups in total. The number of anilines is 1. The van der Waals surface area contributed by atoms with E-state index in [9.17, 15) is 4.79 Å². The summed E-state index contributed by atoms with van der Waals surface area (Å²) in [5.41, 5.74) is 1.95. The van der Waals surface area contributed by atoms with Gasteiger partial charge in [-0.2, -0.15) is 0 Å². The van der Waals surface area contributed by atoms with Gasteiger partial charge in [-0.25, -0.2) is 0 Å². The van der Waals surface area contributed by atoms with Crippen LogP contribution in [-0.4, -0.2) is 39.8 Å². The molecule has 1 amide bonds. The summed E-state index contributed by atoms with van der Waals surface area (Å²) in [7, 11) is 3.27. The molecule has 0 fully saturated rings. The van der Waals surface area contributed by atoms with Gasteiger partial charge in [0.25, 0.3) is 0 Å². The maximum Gasteiger partial charge on any atom is 0.221 e. The highest BCUT2D eigenvalue weighted by atomic mass is 35.5. The second-order valence-electron chi connectivity index (χ2n) is 5.74. The molecule has 0 radical (unpaired) electrons. The van der Waals surface area contributed by atoms with Crippen molar-refractivity contribution in [2.24, 2.45) is 0 Å². The van der Waals surface area contributed by atoms with E-state index in [1.807, 2.05) is 42.5 Å². The third kappa shape index (κ3) is 7.76. The molecule has 2 rings (SSSR count). The van der Waals surface area contributed by atoms with E-state index in [-0.39, 0.29) is 18.3 Å². The van der Waals surface area contributed by atoms with Gasteiger partial charge >= 0.3 is 0 Å². The highest BCUT2D eigenvalue weighted by molar-refractivity contribution is 5.88. The minimum absolute atomic E-state index is 0. The monoisotopic (exact) mass is 394 g/mol. The number of nitrogens with one attached hydrogen (secondary N) is 2. The second kappa shape index (κ2) is 12.0. The first-order valence-electron chi connectivity index (χ1n) is 8.54. The minimum Gasteiger partial charge on any atom is -0.493 e. The van der Waals surface area contributed by atoms with Crippen molar-refractivity contribution in [3.05, 3.63) is 48.0 Å². The summed E-state index contributed by atoms with van der Waals surface area (Å²) >= 11 is 0. The van der Waals surface area contributed by atoms with Crippen molar-refractivity contribution in [1.82, 2.24) is 5.32 Å². The summed E-state index contributed by atoms with van der Waals surface area (Å²) in [5, 5.41) is 6.08. The summed E-state index contributed by atoms with van der Waals surface area (Å²) in [6, 6.07) is 13.3. The van der Waals surface area contributed by atoms with Gasteiger partial charge < -0.3 is 24.8 Å². The Morgan fingerprint density at radius 3 is 2.30 bits per heavy atom. The minimum atomic E-state index is -0.0858. The molecule has 148 valence electrons. The number of hydrogen-bond donors (Lipinski definition) is 2. The summed E-state index contributed by atoms with van der Waals surface area (Å²) in [6.07, 6.45) is 0.895. The Kier molecular flexibility index (Phi) is 10.1. The van der Waals surface area contributed by atoms with Gasteiger partial charge in [-0.05, 0) is 54.9 Å². The lowest BCUT2D eigenvalue weighted by Gasteiger charge is -2.11. The van der Waals surface area contributed by atoms with Crippen LogP contribution in [0, 0.1) is 0 Å². The van der Waals surface area contributed by atoms with Crippen LogP contribution in [0.3, 0.4) is 0 Å². The van der Waals surface area contributed by atoms with E-state index in [2.05, 4.69) is 10.6 Å². The molecule has 7 heteroatoms. The quantitative estimate of drug-likeness (QED) is 0.605. The molecule has 0 aliphatic carbocycles. The fourth-order valence-corrected chi connectivity index (χ4v) is 2.47. The van der Waals surface area contributed by atoms with Gasteiger partial charge in [0, 0.05) is 19.2 Å². The maximum atomic E-state index is 11.0. The molecule has 0 unspecified atom stereocenters. The molecule has 0 heterocycles. The van der Waals surface area contributed by atoms with E-state index in [1.54, 1.807) is 14.2 Å². The Morgan fingerprint density at radius 2 is 1.67 bits per heavy atom. The first kappa shape index (κ1) is 22.6. The van der Waals surface area contributed by atoms with Crippen LogP contribution in [-0.2, 0) is 11.2 Å². The van der Waals surface area contributed by atoms with Crippen LogP contribution >= 0.6 is 12.4 Å². The molecule has 0 aliphatic rings. The molecule has 0 saturated heterocycles. The number of halogens is 1. The van der Waals surface area contributed by atoms with Gasteiger partial charge in [-0.1, -0.05) is 6.07 Å². The summed E-state index contributed by atoms with van der Waals surface area (Å²) in [5.74, 6) is 2.18. The topological polar surface area (TPSA) is 68.8 Å². The number of carbonyl (C=O) groups is 1. The maximum absolute atomic E-state index is 11.0. The van der Waals surface area contributed by atoms with Crippen molar-refractivity contribution in [2.45, 2.75) is 13.3 Å². The van der Waals surface area contributed by atoms with Gasteiger partial charge in [0.1, 0.15) is 12.4 Å². The lowest BCUT2D eigenvalue weighted by molar-refractivity contribution is -0.114. The zero-order valence-electron chi connectivity index (χ0n) is 15.9. The zero-order valence-corrected chi connectivity index (χ0v) is 16.7. The number of ether oxygens (including phenoxy) is 3. The smallest absolute Gasteiger partial charge is 0.221 e. The first-order chi connectivity index (χ1) is 12.6. The Balaban J connectivity index is 0.00000364. The van der Waals surface area contributed by atoms with E-state index in [0.29, 0.717) is 6.61 Å². The van der Waals surface area contributed by atoms with E-state index < -0.39 is 0 Å². The highest BCUT2D eigenvalue weighted by Crippen LogP contribution is 2.27. The molecule has 6 nitrogen and oxygen atoms in total. The van der Waals surface area contributed by atoms with E-state index >= 15 is 0 Å². The Bertz CT molecular complexity index is 708. The van der Waals surface area contributed by atoms with Crippen molar-refractivity contribution >= 4 is 24.0 Å². The van der Waals surface area contributed by atoms with Crippen LogP contribution in [0.4, 0.5) is 5.69 Å². The predicted octanol–water partition coefficient (Wildman–Crippen LogP) is 3.30. The fourth-order valence-electron chi connectivity index (χ4n) is 2.47. The van der Waals surface area contributed by atoms with Crippen LogP contribution in [0.25, 0.3) is 0 Å². The van der Waals surface area contributed by atoms with Crippen LogP contribution in [0.1, 0.15) is 12.5 Å². The Morgan fingerprint density at radius 1 is 0.963 bits per heavy atom. The number of benzene rings is 2. The van der Waals surface area contributed by atoms with Gasteiger partial charge in [-0.15, -0.1) is 12.4 Å². The van der Waals surface area contributed by atoms with Crippen molar-refractivity contribution in [3.63, 3.8) is 0 Å². The molecule has 2 aromatic carbocycles. The fraction of sp³-hybridized carbons (Fsp3) is 0.350. The second-order valence-corrected chi connectivity index (χ2v) is 5.74. The van der Waals surface area contributed by atoms with Crippen LogP contribution in [0.2, 0.25) is 0 Å². The number of hydrogen-bond acceptors (Lipinski definition) is 5. The van der Waals surface area contributed by atoms with E-state index in [0.717, 1.165) is 42.4 Å². The molecule has 0 aliphatic heterocycles. The third-order valence-electron chi connectivity index (χ3n) is 3.76. The highest BCUT2D eigenvalue weighted by Gasteiger charge is 2.04. The van der Waals surface area contributed by atoms with Crippen molar-refractivity contribution in [2.75, 3.05) is 39.2 Å². The van der Waals surface area contributed by atoms with Gasteiger partial charge in [0.15, 0.2) is 11.5 Å². The lowest BCUT2D eigenvalue weighted by atomic mass is 10.1. The predicted molar refractivity (Wildman–Crippen MR) is 110 cm³/mol. The molecule has 0 aromatic heterocycles. The first-order valence-corrected chi connectivity index (χ1v) is 8.54. The number of carbonyl (C=O) groups excluding carboxylic acids is 1.